The second-order valence-electron chi connectivity index (χ2n) is 7.51. The van der Waals surface area contributed by atoms with Gasteiger partial charge in [0.25, 0.3) is 10.2 Å². The van der Waals surface area contributed by atoms with E-state index in [1.165, 1.54) is 11.1 Å². The molecule has 0 fully saturated rings. The molecule has 31 heavy (non-hydrogen) atoms. The Morgan fingerprint density at radius 3 is 2.00 bits per heavy atom. The van der Waals surface area contributed by atoms with E-state index in [9.17, 15) is 8.42 Å². The molecule has 0 unspecified atom stereocenters. The van der Waals surface area contributed by atoms with Crippen molar-refractivity contribution in [1.82, 2.24) is 9.88 Å². The minimum absolute atomic E-state index is 0.473. The van der Waals surface area contributed by atoms with Crippen molar-refractivity contribution in [2.75, 3.05) is 25.4 Å². The van der Waals surface area contributed by atoms with E-state index in [4.69, 9.17) is 5.14 Å². The summed E-state index contributed by atoms with van der Waals surface area (Å²) in [6.07, 6.45) is 2.85. The van der Waals surface area contributed by atoms with Crippen molar-refractivity contribution < 1.29 is 8.42 Å². The first kappa shape index (κ1) is 22.6. The Hall–Kier alpha value is -3.13. The van der Waals surface area contributed by atoms with Gasteiger partial charge in [0.05, 0.1) is 5.69 Å². The van der Waals surface area contributed by atoms with E-state index in [1.54, 1.807) is 12.1 Å². The smallest absolute Gasteiger partial charge is 0.296 e. The minimum Gasteiger partial charge on any atom is -0.361 e. The number of hydrogen-bond acceptors (Lipinski definition) is 3. The van der Waals surface area contributed by atoms with Gasteiger partial charge in [-0.25, -0.2) is 5.14 Å². The van der Waals surface area contributed by atoms with Gasteiger partial charge in [-0.3, -0.25) is 4.72 Å². The fraction of sp³-hybridized carbons (Fsp3) is 0.167. The molecule has 4 rings (SSSR count). The van der Waals surface area contributed by atoms with Gasteiger partial charge >= 0.3 is 0 Å². The Morgan fingerprint density at radius 2 is 1.48 bits per heavy atom. The van der Waals surface area contributed by atoms with Crippen LogP contribution < -0.4 is 9.86 Å². The van der Waals surface area contributed by atoms with E-state index in [-0.39, 0.29) is 0 Å². The molecule has 1 aromatic heterocycles. The van der Waals surface area contributed by atoms with Crippen molar-refractivity contribution in [1.29, 1.82) is 0 Å². The average molecular weight is 437 g/mol. The van der Waals surface area contributed by atoms with Gasteiger partial charge in [-0.2, -0.15) is 8.42 Å². The molecule has 4 N–H and O–H groups in total. The summed E-state index contributed by atoms with van der Waals surface area (Å²) in [6.45, 7) is 0.930. The fourth-order valence-corrected chi connectivity index (χ4v) is 3.67. The van der Waals surface area contributed by atoms with Gasteiger partial charge in [-0.1, -0.05) is 60.7 Å². The van der Waals surface area contributed by atoms with Crippen LogP contribution in [0.1, 0.15) is 5.56 Å². The molecule has 4 aromatic rings. The van der Waals surface area contributed by atoms with E-state index in [0.717, 1.165) is 29.4 Å². The highest BCUT2D eigenvalue weighted by Crippen LogP contribution is 2.23. The Morgan fingerprint density at radius 1 is 0.903 bits per heavy atom. The summed E-state index contributed by atoms with van der Waals surface area (Å²) in [5, 5.41) is 5.98. The number of aromatic nitrogens is 1. The van der Waals surface area contributed by atoms with Gasteiger partial charge < -0.3 is 9.88 Å². The number of H-pyrrole nitrogens is 1. The summed E-state index contributed by atoms with van der Waals surface area (Å²) in [6, 6.07) is 26.1. The number of rotatable bonds is 6. The van der Waals surface area contributed by atoms with Gasteiger partial charge in [-0.15, -0.1) is 0 Å². The zero-order valence-electron chi connectivity index (χ0n) is 17.7. The molecule has 0 amide bonds. The van der Waals surface area contributed by atoms with Crippen molar-refractivity contribution in [2.45, 2.75) is 6.42 Å². The largest absolute Gasteiger partial charge is 0.361 e. The fourth-order valence-electron chi connectivity index (χ4n) is 3.22. The quantitative estimate of drug-likeness (QED) is 0.422. The summed E-state index contributed by atoms with van der Waals surface area (Å²) in [7, 11) is 0.297. The normalized spacial score (nSPS) is 11.2. The van der Waals surface area contributed by atoms with Gasteiger partial charge in [0, 0.05) is 23.6 Å². The summed E-state index contributed by atoms with van der Waals surface area (Å²) in [5.74, 6) is 0. The van der Waals surface area contributed by atoms with E-state index in [0.29, 0.717) is 5.69 Å². The molecular formula is C24H28N4O2S. The van der Waals surface area contributed by atoms with Gasteiger partial charge in [0.15, 0.2) is 0 Å². The van der Waals surface area contributed by atoms with Crippen LogP contribution in [0.3, 0.4) is 0 Å². The second kappa shape index (κ2) is 10.3. The molecule has 0 aliphatic carbocycles. The predicted molar refractivity (Wildman–Crippen MR) is 129 cm³/mol. The highest BCUT2D eigenvalue weighted by atomic mass is 32.2. The van der Waals surface area contributed by atoms with Crippen LogP contribution in [0.25, 0.3) is 22.0 Å². The number of benzene rings is 3. The third-order valence-electron chi connectivity index (χ3n) is 4.74. The highest BCUT2D eigenvalue weighted by Gasteiger charge is 2.07. The lowest BCUT2D eigenvalue weighted by Crippen LogP contribution is -2.21. The maximum absolute atomic E-state index is 11.0. The van der Waals surface area contributed by atoms with E-state index in [2.05, 4.69) is 63.1 Å². The van der Waals surface area contributed by atoms with E-state index in [1.807, 2.05) is 38.5 Å². The van der Waals surface area contributed by atoms with Crippen LogP contribution in [0.5, 0.6) is 0 Å². The number of aromatic amines is 1. The number of nitrogens with one attached hydrogen (secondary N) is 2. The lowest BCUT2D eigenvalue weighted by molar-refractivity contribution is 0.414. The molecule has 6 nitrogen and oxygen atoms in total. The second-order valence-corrected chi connectivity index (χ2v) is 8.80. The van der Waals surface area contributed by atoms with Crippen LogP contribution in [-0.4, -0.2) is 38.9 Å². The summed E-state index contributed by atoms with van der Waals surface area (Å²) in [5.41, 5.74) is 5.16. The Bertz CT molecular complexity index is 1170. The third-order valence-corrected chi connectivity index (χ3v) is 5.26. The van der Waals surface area contributed by atoms with Gasteiger partial charge in [0.1, 0.15) is 0 Å². The average Bonchev–Trinajstić information content (AvgIpc) is 3.15. The van der Waals surface area contributed by atoms with Crippen LogP contribution >= 0.6 is 0 Å². The molecule has 3 aromatic carbocycles. The molecule has 0 spiro atoms. The Labute approximate surface area is 183 Å². The SMILES string of the molecule is CN(C)CCc1c[nH]c2ccc(NS(N)(=O)=O)cc12.c1ccc(-c2ccccc2)cc1. The van der Waals surface area contributed by atoms with Crippen LogP contribution in [0.15, 0.2) is 85.1 Å². The first-order valence-corrected chi connectivity index (χ1v) is 11.5. The molecule has 0 bridgehead atoms. The van der Waals surface area contributed by atoms with Crippen LogP contribution in [0.2, 0.25) is 0 Å². The van der Waals surface area contributed by atoms with Gasteiger partial charge in [0.2, 0.25) is 0 Å². The van der Waals surface area contributed by atoms with Gasteiger partial charge in [-0.05, 0) is 55.4 Å². The van der Waals surface area contributed by atoms with Crippen LogP contribution in [0.4, 0.5) is 5.69 Å². The first-order valence-electron chi connectivity index (χ1n) is 9.97. The standard InChI is InChI=1S/C12H18N4O2S.C12H10/c1-16(2)6-5-9-8-14-12-4-3-10(7-11(9)12)15-19(13,17)18;1-3-7-11(8-4-1)12-9-5-2-6-10-12/h3-4,7-8,14-15H,5-6H2,1-2H3,(H2,13,17,18);1-10H. The zero-order valence-corrected chi connectivity index (χ0v) is 18.6. The van der Waals surface area contributed by atoms with E-state index < -0.39 is 10.2 Å². The lowest BCUT2D eigenvalue weighted by atomic mass is 10.1. The van der Waals surface area contributed by atoms with Crippen molar-refractivity contribution >= 4 is 26.8 Å². The predicted octanol–water partition coefficient (Wildman–Crippen LogP) is 4.24. The molecule has 162 valence electrons. The lowest BCUT2D eigenvalue weighted by Gasteiger charge is -2.08. The molecule has 1 heterocycles. The van der Waals surface area contributed by atoms with E-state index >= 15 is 0 Å². The number of anilines is 1. The monoisotopic (exact) mass is 436 g/mol. The molecule has 0 radical (unpaired) electrons. The summed E-state index contributed by atoms with van der Waals surface area (Å²) >= 11 is 0. The summed E-state index contributed by atoms with van der Waals surface area (Å²) < 4.78 is 24.3. The molecular weight excluding hydrogens is 408 g/mol. The van der Waals surface area contributed by atoms with Crippen molar-refractivity contribution in [2.24, 2.45) is 5.14 Å². The summed E-state index contributed by atoms with van der Waals surface area (Å²) in [4.78, 5) is 5.28. The van der Waals surface area contributed by atoms with Crippen molar-refractivity contribution in [3.8, 4) is 11.1 Å². The number of likely N-dealkylation sites (N-methyl/N-ethyl adjacent to an activating group) is 1. The number of hydrogen-bond donors (Lipinski definition) is 3. The first-order chi connectivity index (χ1) is 14.8. The van der Waals surface area contributed by atoms with Crippen molar-refractivity contribution in [3.05, 3.63) is 90.6 Å². The number of nitrogens with zero attached hydrogens (tertiary/aromatic N) is 1. The van der Waals surface area contributed by atoms with Crippen LogP contribution in [-0.2, 0) is 16.6 Å². The highest BCUT2D eigenvalue weighted by molar-refractivity contribution is 7.90. The third kappa shape index (κ3) is 6.96. The Kier molecular flexibility index (Phi) is 7.46. The Balaban J connectivity index is 0.000000194. The molecule has 0 saturated carbocycles. The molecule has 0 saturated heterocycles. The zero-order chi connectivity index (χ0) is 22.3. The molecule has 0 aliphatic heterocycles. The maximum Gasteiger partial charge on any atom is 0.296 e. The topological polar surface area (TPSA) is 91.2 Å². The molecule has 7 heteroatoms. The molecule has 0 aliphatic rings. The molecule has 0 atom stereocenters. The number of nitrogens with two attached hydrogens (primary N) is 1. The van der Waals surface area contributed by atoms with Crippen molar-refractivity contribution in [3.63, 3.8) is 0 Å². The minimum atomic E-state index is -3.74. The van der Waals surface area contributed by atoms with Crippen LogP contribution in [0, 0.1) is 0 Å². The maximum atomic E-state index is 11.0. The number of fused-ring (bicyclic) bond motifs is 1.